The fraction of sp³-hybridized carbons (Fsp3) is 1.00. The molecule has 0 amide bonds. The monoisotopic (exact) mass is 199 g/mol. The Hall–Kier alpha value is -0.0800. The molecule has 2 nitrogen and oxygen atoms in total. The van der Waals surface area contributed by atoms with E-state index in [0.717, 1.165) is 5.92 Å². The highest BCUT2D eigenvalue weighted by atomic mass is 16.5. The van der Waals surface area contributed by atoms with Gasteiger partial charge < -0.3 is 10.1 Å². The standard InChI is InChI=1S/C12H25NO/c1-9(2)12(14-4)11(13-3)10-7-5-6-8-10/h9-13H,5-8H2,1-4H3. The second kappa shape index (κ2) is 5.72. The van der Waals surface area contributed by atoms with Crippen molar-refractivity contribution in [3.63, 3.8) is 0 Å². The van der Waals surface area contributed by atoms with Gasteiger partial charge in [-0.2, -0.15) is 0 Å². The molecule has 0 aromatic carbocycles. The third-order valence-corrected chi connectivity index (χ3v) is 3.52. The molecule has 0 aromatic rings. The number of nitrogens with one attached hydrogen (secondary N) is 1. The predicted molar refractivity (Wildman–Crippen MR) is 60.4 cm³/mol. The molecule has 84 valence electrons. The van der Waals surface area contributed by atoms with Crippen LogP contribution in [0.3, 0.4) is 0 Å². The fourth-order valence-corrected chi connectivity index (χ4v) is 2.82. The number of hydrogen-bond acceptors (Lipinski definition) is 2. The van der Waals surface area contributed by atoms with Crippen LogP contribution in [-0.2, 0) is 4.74 Å². The lowest BCUT2D eigenvalue weighted by molar-refractivity contribution is 0.0179. The minimum absolute atomic E-state index is 0.364. The SMILES string of the molecule is CNC(C1CCCC1)C(OC)C(C)C. The van der Waals surface area contributed by atoms with Gasteiger partial charge in [0.2, 0.25) is 0 Å². The summed E-state index contributed by atoms with van der Waals surface area (Å²) >= 11 is 0. The lowest BCUT2D eigenvalue weighted by atomic mass is 9.88. The number of hydrogen-bond donors (Lipinski definition) is 1. The first-order valence-corrected chi connectivity index (χ1v) is 5.90. The van der Waals surface area contributed by atoms with E-state index >= 15 is 0 Å². The molecule has 0 saturated heterocycles. The second-order valence-corrected chi connectivity index (χ2v) is 4.80. The van der Waals surface area contributed by atoms with Crippen molar-refractivity contribution >= 4 is 0 Å². The van der Waals surface area contributed by atoms with Crippen LogP contribution in [0.5, 0.6) is 0 Å². The number of likely N-dealkylation sites (N-methyl/N-ethyl adjacent to an activating group) is 1. The molecular formula is C12H25NO. The Morgan fingerprint density at radius 1 is 1.21 bits per heavy atom. The summed E-state index contributed by atoms with van der Waals surface area (Å²) in [5.74, 6) is 1.42. The summed E-state index contributed by atoms with van der Waals surface area (Å²) in [6.45, 7) is 4.49. The average Bonchev–Trinajstić information content (AvgIpc) is 2.65. The largest absolute Gasteiger partial charge is 0.380 e. The minimum Gasteiger partial charge on any atom is -0.380 e. The van der Waals surface area contributed by atoms with Crippen LogP contribution in [0.2, 0.25) is 0 Å². The second-order valence-electron chi connectivity index (χ2n) is 4.80. The van der Waals surface area contributed by atoms with E-state index in [9.17, 15) is 0 Å². The highest BCUT2D eigenvalue weighted by Gasteiger charge is 2.31. The van der Waals surface area contributed by atoms with Gasteiger partial charge in [-0.1, -0.05) is 26.7 Å². The fourth-order valence-electron chi connectivity index (χ4n) is 2.82. The molecule has 1 rings (SSSR count). The third-order valence-electron chi connectivity index (χ3n) is 3.52. The minimum atomic E-state index is 0.364. The van der Waals surface area contributed by atoms with E-state index in [1.54, 1.807) is 0 Å². The van der Waals surface area contributed by atoms with Crippen molar-refractivity contribution in [3.05, 3.63) is 0 Å². The molecule has 1 aliphatic carbocycles. The molecule has 2 atom stereocenters. The predicted octanol–water partition coefficient (Wildman–Crippen LogP) is 2.44. The van der Waals surface area contributed by atoms with Crippen LogP contribution >= 0.6 is 0 Å². The Morgan fingerprint density at radius 3 is 2.14 bits per heavy atom. The average molecular weight is 199 g/mol. The first kappa shape index (κ1) is 12.0. The van der Waals surface area contributed by atoms with E-state index in [0.29, 0.717) is 18.1 Å². The molecule has 0 aliphatic heterocycles. The Morgan fingerprint density at radius 2 is 1.79 bits per heavy atom. The molecule has 1 aliphatic rings. The van der Waals surface area contributed by atoms with Gasteiger partial charge in [0.05, 0.1) is 6.10 Å². The van der Waals surface area contributed by atoms with Gasteiger partial charge in [-0.25, -0.2) is 0 Å². The Kier molecular flexibility index (Phi) is 4.90. The van der Waals surface area contributed by atoms with E-state index in [-0.39, 0.29) is 0 Å². The molecule has 2 unspecified atom stereocenters. The first-order chi connectivity index (χ1) is 6.70. The van der Waals surface area contributed by atoms with Crippen molar-refractivity contribution in [3.8, 4) is 0 Å². The normalized spacial score (nSPS) is 22.9. The molecule has 0 aromatic heterocycles. The quantitative estimate of drug-likeness (QED) is 0.734. The topological polar surface area (TPSA) is 21.3 Å². The van der Waals surface area contributed by atoms with Crippen molar-refractivity contribution in [2.45, 2.75) is 51.7 Å². The van der Waals surface area contributed by atoms with Gasteiger partial charge in [0.1, 0.15) is 0 Å². The van der Waals surface area contributed by atoms with Crippen LogP contribution in [0.15, 0.2) is 0 Å². The summed E-state index contributed by atoms with van der Waals surface area (Å²) in [7, 11) is 3.90. The third kappa shape index (κ3) is 2.71. The number of methoxy groups -OCH3 is 1. The van der Waals surface area contributed by atoms with E-state index < -0.39 is 0 Å². The van der Waals surface area contributed by atoms with Gasteiger partial charge in [-0.05, 0) is 31.7 Å². The molecule has 1 fully saturated rings. The summed E-state index contributed by atoms with van der Waals surface area (Å²) in [6, 6.07) is 0.544. The molecule has 0 spiro atoms. The number of ether oxygens (including phenoxy) is 1. The van der Waals surface area contributed by atoms with Crippen LogP contribution < -0.4 is 5.32 Å². The molecule has 0 radical (unpaired) electrons. The molecule has 14 heavy (non-hydrogen) atoms. The summed E-state index contributed by atoms with van der Waals surface area (Å²) in [4.78, 5) is 0. The molecule has 0 bridgehead atoms. The van der Waals surface area contributed by atoms with Gasteiger partial charge in [0.25, 0.3) is 0 Å². The first-order valence-electron chi connectivity index (χ1n) is 5.90. The van der Waals surface area contributed by atoms with Gasteiger partial charge in [0, 0.05) is 13.2 Å². The molecule has 0 heterocycles. The van der Waals surface area contributed by atoms with Crippen molar-refractivity contribution in [2.75, 3.05) is 14.2 Å². The Labute approximate surface area is 88.4 Å². The maximum absolute atomic E-state index is 5.61. The van der Waals surface area contributed by atoms with Crippen molar-refractivity contribution in [1.82, 2.24) is 5.32 Å². The summed E-state index contributed by atoms with van der Waals surface area (Å²) in [5.41, 5.74) is 0. The van der Waals surface area contributed by atoms with Crippen LogP contribution in [0.4, 0.5) is 0 Å². The maximum Gasteiger partial charge on any atom is 0.0749 e. The summed E-state index contributed by atoms with van der Waals surface area (Å²) in [5, 5.41) is 3.45. The zero-order valence-electron chi connectivity index (χ0n) is 10.0. The molecular weight excluding hydrogens is 174 g/mol. The van der Waals surface area contributed by atoms with E-state index in [4.69, 9.17) is 4.74 Å². The van der Waals surface area contributed by atoms with Crippen molar-refractivity contribution in [1.29, 1.82) is 0 Å². The number of rotatable bonds is 5. The smallest absolute Gasteiger partial charge is 0.0749 e. The van der Waals surface area contributed by atoms with Crippen LogP contribution in [0.25, 0.3) is 0 Å². The van der Waals surface area contributed by atoms with Gasteiger partial charge in [0.15, 0.2) is 0 Å². The van der Waals surface area contributed by atoms with Gasteiger partial charge in [-0.3, -0.25) is 0 Å². The Balaban J connectivity index is 2.57. The summed E-state index contributed by atoms with van der Waals surface area (Å²) < 4.78 is 5.61. The van der Waals surface area contributed by atoms with Crippen LogP contribution in [0.1, 0.15) is 39.5 Å². The lowest BCUT2D eigenvalue weighted by Gasteiger charge is -2.33. The van der Waals surface area contributed by atoms with E-state index in [1.807, 2.05) is 7.11 Å². The highest BCUT2D eigenvalue weighted by Crippen LogP contribution is 2.31. The summed E-state index contributed by atoms with van der Waals surface area (Å²) in [6.07, 6.45) is 5.91. The maximum atomic E-state index is 5.61. The highest BCUT2D eigenvalue weighted by molar-refractivity contribution is 4.87. The van der Waals surface area contributed by atoms with Gasteiger partial charge in [-0.15, -0.1) is 0 Å². The zero-order valence-corrected chi connectivity index (χ0v) is 10.0. The van der Waals surface area contributed by atoms with Gasteiger partial charge >= 0.3 is 0 Å². The van der Waals surface area contributed by atoms with E-state index in [1.165, 1.54) is 25.7 Å². The lowest BCUT2D eigenvalue weighted by Crippen LogP contribution is -2.46. The van der Waals surface area contributed by atoms with Crippen LogP contribution in [0, 0.1) is 11.8 Å². The Bertz CT molecular complexity index is 152. The molecule has 2 heteroatoms. The van der Waals surface area contributed by atoms with Crippen molar-refractivity contribution in [2.24, 2.45) is 11.8 Å². The van der Waals surface area contributed by atoms with Crippen molar-refractivity contribution < 1.29 is 4.74 Å². The van der Waals surface area contributed by atoms with E-state index in [2.05, 4.69) is 26.2 Å². The van der Waals surface area contributed by atoms with Crippen LogP contribution in [-0.4, -0.2) is 26.3 Å². The zero-order chi connectivity index (χ0) is 10.6. The molecule has 1 N–H and O–H groups in total. The molecule has 1 saturated carbocycles.